The van der Waals surface area contributed by atoms with Crippen molar-refractivity contribution in [1.82, 2.24) is 0 Å². The van der Waals surface area contributed by atoms with Gasteiger partial charge in [0.2, 0.25) is 5.78 Å². The molecule has 0 atom stereocenters. The summed E-state index contributed by atoms with van der Waals surface area (Å²) < 4.78 is 38.9. The molecule has 0 spiro atoms. The standard InChI is InChI=1S/C25H18F2O3/c1-16-13-18(29-15-19-20(26)10-6-11-21(19)27)14-23-24(16)25(28)22(30-23)12-5-9-17-7-3-2-4-8-17/h2-14H,15H2,1H3/b9-5+,22-12-. The number of fused-ring (bicyclic) bond motifs is 1. The van der Waals surface area contributed by atoms with E-state index in [0.29, 0.717) is 22.6 Å². The van der Waals surface area contributed by atoms with Gasteiger partial charge in [0.25, 0.3) is 0 Å². The lowest BCUT2D eigenvalue weighted by Gasteiger charge is -2.10. The highest BCUT2D eigenvalue weighted by Crippen LogP contribution is 2.37. The van der Waals surface area contributed by atoms with E-state index in [1.807, 2.05) is 36.4 Å². The van der Waals surface area contributed by atoms with E-state index in [1.165, 1.54) is 18.2 Å². The van der Waals surface area contributed by atoms with E-state index >= 15 is 0 Å². The number of ether oxygens (including phenoxy) is 2. The van der Waals surface area contributed by atoms with Crippen LogP contribution in [0.5, 0.6) is 11.5 Å². The molecule has 0 fully saturated rings. The van der Waals surface area contributed by atoms with Gasteiger partial charge in [0.05, 0.1) is 11.1 Å². The zero-order valence-corrected chi connectivity index (χ0v) is 16.2. The van der Waals surface area contributed by atoms with Crippen LogP contribution in [0.3, 0.4) is 0 Å². The van der Waals surface area contributed by atoms with E-state index in [0.717, 1.165) is 5.56 Å². The van der Waals surface area contributed by atoms with Gasteiger partial charge in [0.1, 0.15) is 29.7 Å². The molecule has 0 aromatic heterocycles. The number of carbonyl (C=O) groups excluding carboxylic acids is 1. The second kappa shape index (κ2) is 8.33. The molecular weight excluding hydrogens is 386 g/mol. The van der Waals surface area contributed by atoms with Gasteiger partial charge in [-0.15, -0.1) is 0 Å². The van der Waals surface area contributed by atoms with Crippen molar-refractivity contribution < 1.29 is 23.0 Å². The number of hydrogen-bond donors (Lipinski definition) is 0. The van der Waals surface area contributed by atoms with Crippen molar-refractivity contribution in [3.63, 3.8) is 0 Å². The van der Waals surface area contributed by atoms with Crippen LogP contribution >= 0.6 is 0 Å². The summed E-state index contributed by atoms with van der Waals surface area (Å²) in [5.41, 5.74) is 1.97. The third-order valence-corrected chi connectivity index (χ3v) is 4.72. The average Bonchev–Trinajstić information content (AvgIpc) is 3.04. The maximum Gasteiger partial charge on any atom is 0.232 e. The second-order valence-corrected chi connectivity index (χ2v) is 6.83. The summed E-state index contributed by atoms with van der Waals surface area (Å²) in [6, 6.07) is 16.6. The molecule has 3 aromatic rings. The lowest BCUT2D eigenvalue weighted by molar-refractivity contribution is 0.101. The highest BCUT2D eigenvalue weighted by Gasteiger charge is 2.29. The minimum Gasteiger partial charge on any atom is -0.489 e. The fourth-order valence-corrected chi connectivity index (χ4v) is 3.21. The molecule has 0 unspecified atom stereocenters. The van der Waals surface area contributed by atoms with Crippen LogP contribution in [0.2, 0.25) is 0 Å². The number of aryl methyl sites for hydroxylation is 1. The van der Waals surface area contributed by atoms with E-state index in [9.17, 15) is 13.6 Å². The molecular formula is C25H18F2O3. The van der Waals surface area contributed by atoms with Crippen molar-refractivity contribution in [3.05, 3.63) is 112 Å². The Hall–Kier alpha value is -3.73. The van der Waals surface area contributed by atoms with Gasteiger partial charge in [-0.2, -0.15) is 0 Å². The van der Waals surface area contributed by atoms with Gasteiger partial charge in [0.15, 0.2) is 5.76 Å². The Bertz CT molecular complexity index is 1140. The quantitative estimate of drug-likeness (QED) is 0.488. The van der Waals surface area contributed by atoms with Gasteiger partial charge in [-0.25, -0.2) is 8.78 Å². The number of rotatable bonds is 5. The number of carbonyl (C=O) groups is 1. The summed E-state index contributed by atoms with van der Waals surface area (Å²) in [4.78, 5) is 12.7. The van der Waals surface area contributed by atoms with Gasteiger partial charge in [-0.05, 0) is 42.3 Å². The fourth-order valence-electron chi connectivity index (χ4n) is 3.21. The number of ketones is 1. The molecule has 1 aliphatic rings. The third kappa shape index (κ3) is 4.01. The van der Waals surface area contributed by atoms with Crippen LogP contribution in [-0.2, 0) is 6.61 Å². The summed E-state index contributed by atoms with van der Waals surface area (Å²) in [6.45, 7) is 1.49. The number of Topliss-reactive ketones (excluding diaryl/α,β-unsaturated/α-hetero) is 1. The van der Waals surface area contributed by atoms with Crippen LogP contribution in [0.1, 0.15) is 27.0 Å². The molecule has 0 aliphatic carbocycles. The molecule has 150 valence electrons. The highest BCUT2D eigenvalue weighted by molar-refractivity contribution is 6.13. The zero-order valence-electron chi connectivity index (χ0n) is 16.2. The van der Waals surface area contributed by atoms with Crippen molar-refractivity contribution in [1.29, 1.82) is 0 Å². The molecule has 5 heteroatoms. The van der Waals surface area contributed by atoms with Crippen molar-refractivity contribution in [2.75, 3.05) is 0 Å². The van der Waals surface area contributed by atoms with Gasteiger partial charge < -0.3 is 9.47 Å². The van der Waals surface area contributed by atoms with Gasteiger partial charge in [-0.3, -0.25) is 4.79 Å². The predicted octanol–water partition coefficient (Wildman–Crippen LogP) is 6.02. The molecule has 30 heavy (non-hydrogen) atoms. The Morgan fingerprint density at radius 3 is 2.47 bits per heavy atom. The van der Waals surface area contributed by atoms with Crippen molar-refractivity contribution in [2.45, 2.75) is 13.5 Å². The van der Waals surface area contributed by atoms with Gasteiger partial charge >= 0.3 is 0 Å². The molecule has 4 rings (SSSR count). The molecule has 3 nitrogen and oxygen atoms in total. The molecule has 3 aromatic carbocycles. The lowest BCUT2D eigenvalue weighted by atomic mass is 10.0. The molecule has 1 aliphatic heterocycles. The summed E-state index contributed by atoms with van der Waals surface area (Å²) >= 11 is 0. The molecule has 0 bridgehead atoms. The number of allylic oxidation sites excluding steroid dienone is 3. The van der Waals surface area contributed by atoms with Crippen LogP contribution in [-0.4, -0.2) is 5.78 Å². The Balaban J connectivity index is 1.52. The highest BCUT2D eigenvalue weighted by atomic mass is 19.1. The van der Waals surface area contributed by atoms with E-state index in [1.54, 1.807) is 31.2 Å². The van der Waals surface area contributed by atoms with E-state index in [-0.39, 0.29) is 23.7 Å². The number of halogens is 2. The normalized spacial score (nSPS) is 14.2. The summed E-state index contributed by atoms with van der Waals surface area (Å²) in [5, 5.41) is 0. The largest absolute Gasteiger partial charge is 0.489 e. The van der Waals surface area contributed by atoms with Gasteiger partial charge in [0, 0.05) is 6.07 Å². The first-order valence-electron chi connectivity index (χ1n) is 9.39. The molecule has 0 saturated heterocycles. The van der Waals surface area contributed by atoms with Crippen LogP contribution in [0, 0.1) is 18.6 Å². The molecule has 0 radical (unpaired) electrons. The molecule has 0 N–H and O–H groups in total. The summed E-state index contributed by atoms with van der Waals surface area (Å²) in [7, 11) is 0. The number of benzene rings is 3. The van der Waals surface area contributed by atoms with Crippen LogP contribution in [0.25, 0.3) is 6.08 Å². The molecule has 0 saturated carbocycles. The van der Waals surface area contributed by atoms with Crippen LogP contribution in [0.15, 0.2) is 78.6 Å². The zero-order chi connectivity index (χ0) is 21.1. The SMILES string of the molecule is Cc1cc(OCc2c(F)cccc2F)cc2c1C(=O)/C(=C/C=C/c1ccccc1)O2. The van der Waals surface area contributed by atoms with E-state index < -0.39 is 11.6 Å². The summed E-state index contributed by atoms with van der Waals surface area (Å²) in [6.07, 6.45) is 5.24. The topological polar surface area (TPSA) is 35.5 Å². The Labute approximate surface area is 172 Å². The van der Waals surface area contributed by atoms with Crippen molar-refractivity contribution in [2.24, 2.45) is 0 Å². The van der Waals surface area contributed by atoms with E-state index in [2.05, 4.69) is 0 Å². The first-order chi connectivity index (χ1) is 14.5. The Morgan fingerprint density at radius 2 is 1.73 bits per heavy atom. The van der Waals surface area contributed by atoms with Crippen LogP contribution < -0.4 is 9.47 Å². The van der Waals surface area contributed by atoms with Crippen molar-refractivity contribution in [3.8, 4) is 11.5 Å². The third-order valence-electron chi connectivity index (χ3n) is 4.72. The maximum absolute atomic E-state index is 13.8. The smallest absolute Gasteiger partial charge is 0.232 e. The Morgan fingerprint density at radius 1 is 1.00 bits per heavy atom. The predicted molar refractivity (Wildman–Crippen MR) is 110 cm³/mol. The van der Waals surface area contributed by atoms with E-state index in [4.69, 9.17) is 9.47 Å². The Kier molecular flexibility index (Phi) is 5.44. The molecule has 1 heterocycles. The minimum atomic E-state index is -0.672. The first-order valence-corrected chi connectivity index (χ1v) is 9.39. The monoisotopic (exact) mass is 404 g/mol. The maximum atomic E-state index is 13.8. The van der Waals surface area contributed by atoms with Gasteiger partial charge in [-0.1, -0.05) is 48.6 Å². The first kappa shape index (κ1) is 19.6. The van der Waals surface area contributed by atoms with Crippen LogP contribution in [0.4, 0.5) is 8.78 Å². The fraction of sp³-hybridized carbons (Fsp3) is 0.0800. The summed E-state index contributed by atoms with van der Waals surface area (Å²) in [5.74, 6) is -0.625. The second-order valence-electron chi connectivity index (χ2n) is 6.83. The average molecular weight is 404 g/mol. The lowest BCUT2D eigenvalue weighted by Crippen LogP contribution is -2.02. The molecule has 0 amide bonds. The van der Waals surface area contributed by atoms with Crippen molar-refractivity contribution >= 4 is 11.9 Å². The minimum absolute atomic E-state index is 0.153. The number of hydrogen-bond acceptors (Lipinski definition) is 3.